The Morgan fingerprint density at radius 1 is 1.41 bits per heavy atom. The van der Waals surface area contributed by atoms with Crippen molar-refractivity contribution in [3.63, 3.8) is 0 Å². The van der Waals surface area contributed by atoms with Crippen molar-refractivity contribution >= 4 is 17.5 Å². The molecule has 22 heavy (non-hydrogen) atoms. The van der Waals surface area contributed by atoms with Crippen LogP contribution >= 0.6 is 11.6 Å². The predicted molar refractivity (Wildman–Crippen MR) is 87.3 cm³/mol. The maximum atomic E-state index is 12.6. The second kappa shape index (κ2) is 6.47. The SMILES string of the molecule is CCCOc1ccc(C(=O)N2C[C@H](C3CC3)[C@@H](N)C2)cc1Cl. The Morgan fingerprint density at radius 2 is 2.18 bits per heavy atom. The third-order valence-corrected chi connectivity index (χ3v) is 4.86. The normalized spacial score (nSPS) is 24.6. The van der Waals surface area contributed by atoms with Crippen molar-refractivity contribution in [3.05, 3.63) is 28.8 Å². The summed E-state index contributed by atoms with van der Waals surface area (Å²) in [6.07, 6.45) is 3.44. The Morgan fingerprint density at radius 3 is 2.82 bits per heavy atom. The highest BCUT2D eigenvalue weighted by molar-refractivity contribution is 6.32. The van der Waals surface area contributed by atoms with Gasteiger partial charge in [-0.05, 0) is 49.3 Å². The van der Waals surface area contributed by atoms with Gasteiger partial charge < -0.3 is 15.4 Å². The van der Waals surface area contributed by atoms with Gasteiger partial charge in [0.1, 0.15) is 5.75 Å². The van der Waals surface area contributed by atoms with E-state index in [1.807, 2.05) is 11.8 Å². The topological polar surface area (TPSA) is 55.6 Å². The van der Waals surface area contributed by atoms with Crippen molar-refractivity contribution in [2.45, 2.75) is 32.2 Å². The van der Waals surface area contributed by atoms with Gasteiger partial charge in [0.2, 0.25) is 0 Å². The van der Waals surface area contributed by atoms with E-state index in [2.05, 4.69) is 0 Å². The predicted octanol–water partition coefficient (Wildman–Crippen LogP) is 2.94. The van der Waals surface area contributed by atoms with Crippen molar-refractivity contribution in [1.29, 1.82) is 0 Å². The van der Waals surface area contributed by atoms with Crippen LogP contribution in [0.5, 0.6) is 5.75 Å². The van der Waals surface area contributed by atoms with Crippen LogP contribution in [0.15, 0.2) is 18.2 Å². The van der Waals surface area contributed by atoms with E-state index in [1.165, 1.54) is 12.8 Å². The first kappa shape index (κ1) is 15.6. The third-order valence-electron chi connectivity index (χ3n) is 4.57. The fourth-order valence-electron chi connectivity index (χ4n) is 3.19. The number of hydrogen-bond donors (Lipinski definition) is 1. The average molecular weight is 323 g/mol. The van der Waals surface area contributed by atoms with Crippen molar-refractivity contribution in [2.75, 3.05) is 19.7 Å². The van der Waals surface area contributed by atoms with Crippen molar-refractivity contribution < 1.29 is 9.53 Å². The average Bonchev–Trinajstić information content (AvgIpc) is 3.28. The fraction of sp³-hybridized carbons (Fsp3) is 0.588. The first-order valence-corrected chi connectivity index (χ1v) is 8.45. The Labute approximate surface area is 136 Å². The molecule has 1 aliphatic carbocycles. The van der Waals surface area contributed by atoms with Crippen LogP contribution in [0.2, 0.25) is 5.02 Å². The summed E-state index contributed by atoms with van der Waals surface area (Å²) in [5, 5.41) is 0.488. The first-order valence-electron chi connectivity index (χ1n) is 8.07. The number of benzene rings is 1. The highest BCUT2D eigenvalue weighted by Gasteiger charge is 2.42. The summed E-state index contributed by atoms with van der Waals surface area (Å²) in [6, 6.07) is 5.37. The Balaban J connectivity index is 1.68. The van der Waals surface area contributed by atoms with Crippen LogP contribution in [-0.4, -0.2) is 36.5 Å². The molecule has 0 unspecified atom stereocenters. The molecule has 1 heterocycles. The number of carbonyl (C=O) groups excluding carboxylic acids is 1. The molecule has 3 rings (SSSR count). The largest absolute Gasteiger partial charge is 0.492 e. The monoisotopic (exact) mass is 322 g/mol. The van der Waals surface area contributed by atoms with Crippen LogP contribution in [0.3, 0.4) is 0 Å². The molecule has 0 aromatic heterocycles. The zero-order chi connectivity index (χ0) is 15.7. The summed E-state index contributed by atoms with van der Waals surface area (Å²) in [4.78, 5) is 14.5. The number of amides is 1. The molecular weight excluding hydrogens is 300 g/mol. The molecule has 1 aromatic rings. The smallest absolute Gasteiger partial charge is 0.253 e. The van der Waals surface area contributed by atoms with Gasteiger partial charge >= 0.3 is 0 Å². The fourth-order valence-corrected chi connectivity index (χ4v) is 3.42. The molecule has 2 fully saturated rings. The molecule has 1 saturated heterocycles. The maximum absolute atomic E-state index is 12.6. The van der Waals surface area contributed by atoms with Crippen molar-refractivity contribution in [2.24, 2.45) is 17.6 Å². The number of nitrogens with two attached hydrogens (primary N) is 1. The van der Waals surface area contributed by atoms with Crippen LogP contribution in [0, 0.1) is 11.8 Å². The number of nitrogens with zero attached hydrogens (tertiary/aromatic N) is 1. The lowest BCUT2D eigenvalue weighted by atomic mass is 9.99. The number of carbonyl (C=O) groups is 1. The molecule has 120 valence electrons. The first-order chi connectivity index (χ1) is 10.6. The van der Waals surface area contributed by atoms with Gasteiger partial charge in [0, 0.05) is 24.7 Å². The van der Waals surface area contributed by atoms with E-state index in [1.54, 1.807) is 18.2 Å². The number of ether oxygens (including phenoxy) is 1. The quantitative estimate of drug-likeness (QED) is 0.906. The molecule has 0 bridgehead atoms. The summed E-state index contributed by atoms with van der Waals surface area (Å²) >= 11 is 6.21. The zero-order valence-electron chi connectivity index (χ0n) is 12.9. The van der Waals surface area contributed by atoms with E-state index in [-0.39, 0.29) is 11.9 Å². The number of rotatable bonds is 5. The van der Waals surface area contributed by atoms with Gasteiger partial charge in [-0.1, -0.05) is 18.5 Å². The molecular formula is C17H23ClN2O2. The minimum absolute atomic E-state index is 0.0162. The second-order valence-electron chi connectivity index (χ2n) is 6.37. The lowest BCUT2D eigenvalue weighted by Gasteiger charge is -2.17. The van der Waals surface area contributed by atoms with Gasteiger partial charge in [-0.3, -0.25) is 4.79 Å². The van der Waals surface area contributed by atoms with Crippen LogP contribution in [0.1, 0.15) is 36.5 Å². The molecule has 1 saturated carbocycles. The van der Waals surface area contributed by atoms with Gasteiger partial charge in [-0.25, -0.2) is 0 Å². The van der Waals surface area contributed by atoms with Gasteiger partial charge in [0.25, 0.3) is 5.91 Å². The molecule has 5 heteroatoms. The zero-order valence-corrected chi connectivity index (χ0v) is 13.7. The van der Waals surface area contributed by atoms with Gasteiger partial charge in [0.15, 0.2) is 0 Å². The molecule has 1 aromatic carbocycles. The summed E-state index contributed by atoms with van der Waals surface area (Å²) in [5.41, 5.74) is 6.80. The number of likely N-dealkylation sites (tertiary alicyclic amines) is 1. The summed E-state index contributed by atoms with van der Waals surface area (Å²) in [5.74, 6) is 1.84. The number of halogens is 1. The molecule has 0 spiro atoms. The summed E-state index contributed by atoms with van der Waals surface area (Å²) in [6.45, 7) is 4.08. The minimum Gasteiger partial charge on any atom is -0.492 e. The Kier molecular flexibility index (Phi) is 4.59. The number of hydrogen-bond acceptors (Lipinski definition) is 3. The summed E-state index contributed by atoms with van der Waals surface area (Å²) < 4.78 is 5.54. The Hall–Kier alpha value is -1.26. The third kappa shape index (κ3) is 3.23. The van der Waals surface area contributed by atoms with Gasteiger partial charge in [0.05, 0.1) is 11.6 Å². The second-order valence-corrected chi connectivity index (χ2v) is 6.78. The van der Waals surface area contributed by atoms with Crippen LogP contribution < -0.4 is 10.5 Å². The van der Waals surface area contributed by atoms with E-state index in [0.29, 0.717) is 35.4 Å². The van der Waals surface area contributed by atoms with E-state index in [9.17, 15) is 4.79 Å². The van der Waals surface area contributed by atoms with Crippen molar-refractivity contribution in [1.82, 2.24) is 4.90 Å². The molecule has 0 radical (unpaired) electrons. The van der Waals surface area contributed by atoms with Gasteiger partial charge in [-0.2, -0.15) is 0 Å². The van der Waals surface area contributed by atoms with E-state index in [4.69, 9.17) is 22.1 Å². The van der Waals surface area contributed by atoms with Crippen molar-refractivity contribution in [3.8, 4) is 5.75 Å². The highest BCUT2D eigenvalue weighted by atomic mass is 35.5. The molecule has 2 N–H and O–H groups in total. The van der Waals surface area contributed by atoms with E-state index >= 15 is 0 Å². The van der Waals surface area contributed by atoms with E-state index in [0.717, 1.165) is 18.9 Å². The molecule has 1 amide bonds. The minimum atomic E-state index is 0.0162. The van der Waals surface area contributed by atoms with E-state index < -0.39 is 0 Å². The Bertz CT molecular complexity index is 560. The molecule has 2 atom stereocenters. The van der Waals surface area contributed by atoms with Gasteiger partial charge in [-0.15, -0.1) is 0 Å². The van der Waals surface area contributed by atoms with Crippen LogP contribution in [0.4, 0.5) is 0 Å². The maximum Gasteiger partial charge on any atom is 0.253 e. The lowest BCUT2D eigenvalue weighted by molar-refractivity contribution is 0.0785. The van der Waals surface area contributed by atoms with Crippen LogP contribution in [-0.2, 0) is 0 Å². The molecule has 1 aliphatic heterocycles. The molecule has 2 aliphatic rings. The molecule has 4 nitrogen and oxygen atoms in total. The summed E-state index contributed by atoms with van der Waals surface area (Å²) in [7, 11) is 0. The van der Waals surface area contributed by atoms with Crippen LogP contribution in [0.25, 0.3) is 0 Å². The standard InChI is InChI=1S/C17H23ClN2O2/c1-2-7-22-16-6-5-12(8-14(16)18)17(21)20-9-13(11-3-4-11)15(19)10-20/h5-6,8,11,13,15H,2-4,7,9-10,19H2,1H3/t13-,15+/m1/s1. The highest BCUT2D eigenvalue weighted by Crippen LogP contribution is 2.41. The lowest BCUT2D eigenvalue weighted by Crippen LogP contribution is -2.32.